The van der Waals surface area contributed by atoms with E-state index in [9.17, 15) is 24.0 Å². The molecule has 1 aromatic heterocycles. The van der Waals surface area contributed by atoms with Gasteiger partial charge in [0.15, 0.2) is 0 Å². The number of alkyl carbamates (subject to hydrolysis) is 2. The molecular formula is C32H48N6O8. The minimum atomic E-state index is -1.12. The molecule has 0 aliphatic heterocycles. The van der Waals surface area contributed by atoms with Gasteiger partial charge in [-0.1, -0.05) is 50.6 Å². The van der Waals surface area contributed by atoms with Gasteiger partial charge in [0.25, 0.3) is 0 Å². The third-order valence-electron chi connectivity index (χ3n) is 6.98. The van der Waals surface area contributed by atoms with Crippen molar-refractivity contribution < 1.29 is 38.2 Å². The van der Waals surface area contributed by atoms with E-state index in [0.29, 0.717) is 31.5 Å². The number of esters is 1. The Kier molecular flexibility index (Phi) is 15.5. The van der Waals surface area contributed by atoms with Gasteiger partial charge in [-0.15, -0.1) is 0 Å². The lowest BCUT2D eigenvalue weighted by atomic mass is 9.97. The third-order valence-corrected chi connectivity index (χ3v) is 6.98. The summed E-state index contributed by atoms with van der Waals surface area (Å²) in [4.78, 5) is 71.0. The van der Waals surface area contributed by atoms with Crippen molar-refractivity contribution in [2.45, 2.75) is 97.1 Å². The molecule has 0 unspecified atom stereocenters. The number of rotatable bonds is 17. The minimum absolute atomic E-state index is 0.0261. The minimum Gasteiger partial charge on any atom is -0.467 e. The second-order valence-corrected chi connectivity index (χ2v) is 11.9. The number of aromatic nitrogens is 2. The van der Waals surface area contributed by atoms with Crippen LogP contribution in [0.3, 0.4) is 0 Å². The molecule has 14 heteroatoms. The van der Waals surface area contributed by atoms with E-state index in [-0.39, 0.29) is 25.4 Å². The van der Waals surface area contributed by atoms with Gasteiger partial charge in [-0.2, -0.15) is 0 Å². The normalized spacial score (nSPS) is 13.7. The van der Waals surface area contributed by atoms with Crippen molar-refractivity contribution in [1.82, 2.24) is 31.2 Å². The number of ether oxygens (including phenoxy) is 3. The fourth-order valence-corrected chi connectivity index (χ4v) is 4.32. The van der Waals surface area contributed by atoms with E-state index < -0.39 is 53.7 Å². The average Bonchev–Trinajstić information content (AvgIpc) is 3.53. The standard InChI is InChI=1S/C32H48N6O8/c1-7-21(2)26(38-31(43)45-19-22-13-9-8-10-14-22)28(40)37-25(17-23-18-33-20-35-23)27(39)36-24(29(41)44-6)15-11-12-16-34-30(42)46-32(3,4)5/h8-10,13-14,18,20-21,24-26H,7,11-12,15-17,19H2,1-6H3,(H,33,35)(H,34,42)(H,36,39)(H,37,40)(H,38,43)/t21-,24-,25-,26-/m0/s1. The Labute approximate surface area is 270 Å². The van der Waals surface area contributed by atoms with Crippen LogP contribution in [-0.4, -0.2) is 77.3 Å². The lowest BCUT2D eigenvalue weighted by molar-refractivity contribution is -0.145. The van der Waals surface area contributed by atoms with E-state index in [1.54, 1.807) is 27.7 Å². The SMILES string of the molecule is CC[C@H](C)[C@H](NC(=O)OCc1ccccc1)C(=O)N[C@@H](Cc1cnc[nH]1)C(=O)N[C@@H](CCCCNC(=O)OC(C)(C)C)C(=O)OC. The van der Waals surface area contributed by atoms with E-state index in [2.05, 4.69) is 31.2 Å². The molecule has 2 aromatic rings. The Balaban J connectivity index is 2.07. The van der Waals surface area contributed by atoms with Crippen LogP contribution in [-0.2, 0) is 41.6 Å². The van der Waals surface area contributed by atoms with Crippen LogP contribution in [0.25, 0.3) is 0 Å². The van der Waals surface area contributed by atoms with Gasteiger partial charge in [0.1, 0.15) is 30.3 Å². The number of nitrogens with one attached hydrogen (secondary N) is 5. The topological polar surface area (TPSA) is 190 Å². The summed E-state index contributed by atoms with van der Waals surface area (Å²) in [5, 5.41) is 10.7. The lowest BCUT2D eigenvalue weighted by Crippen LogP contribution is -2.57. The molecule has 5 N–H and O–H groups in total. The fourth-order valence-electron chi connectivity index (χ4n) is 4.32. The maximum atomic E-state index is 13.5. The van der Waals surface area contributed by atoms with Crippen molar-refractivity contribution in [1.29, 1.82) is 0 Å². The Morgan fingerprint density at radius 3 is 2.24 bits per heavy atom. The number of H-pyrrole nitrogens is 1. The zero-order valence-electron chi connectivity index (χ0n) is 27.5. The molecule has 0 fully saturated rings. The first-order valence-electron chi connectivity index (χ1n) is 15.4. The first-order chi connectivity index (χ1) is 21.8. The molecule has 0 saturated heterocycles. The maximum absolute atomic E-state index is 13.5. The molecule has 0 radical (unpaired) electrons. The molecule has 14 nitrogen and oxygen atoms in total. The lowest BCUT2D eigenvalue weighted by Gasteiger charge is -2.27. The van der Waals surface area contributed by atoms with Crippen molar-refractivity contribution in [3.05, 3.63) is 54.1 Å². The Bertz CT molecular complexity index is 1250. The van der Waals surface area contributed by atoms with Crippen molar-refractivity contribution in [3.8, 4) is 0 Å². The van der Waals surface area contributed by atoms with Gasteiger partial charge in [0.2, 0.25) is 11.8 Å². The number of aromatic amines is 1. The zero-order valence-corrected chi connectivity index (χ0v) is 27.5. The summed E-state index contributed by atoms with van der Waals surface area (Å²) >= 11 is 0. The Hall–Kier alpha value is -4.62. The molecule has 4 amide bonds. The predicted octanol–water partition coefficient (Wildman–Crippen LogP) is 3.13. The number of carbonyl (C=O) groups excluding carboxylic acids is 5. The first-order valence-corrected chi connectivity index (χ1v) is 15.4. The number of methoxy groups -OCH3 is 1. The molecule has 0 aliphatic carbocycles. The molecule has 1 aromatic carbocycles. The zero-order chi connectivity index (χ0) is 34.1. The summed E-state index contributed by atoms with van der Waals surface area (Å²) in [7, 11) is 1.22. The van der Waals surface area contributed by atoms with Gasteiger partial charge >= 0.3 is 18.2 Å². The number of benzene rings is 1. The highest BCUT2D eigenvalue weighted by Crippen LogP contribution is 2.12. The number of carbonyl (C=O) groups is 5. The summed E-state index contributed by atoms with van der Waals surface area (Å²) in [5.74, 6) is -2.16. The van der Waals surface area contributed by atoms with Gasteiger partial charge in [-0.25, -0.2) is 19.4 Å². The van der Waals surface area contributed by atoms with Gasteiger partial charge in [0, 0.05) is 24.9 Å². The van der Waals surface area contributed by atoms with Gasteiger partial charge in [-0.05, 0) is 51.5 Å². The molecule has 2 rings (SSSR count). The van der Waals surface area contributed by atoms with Crippen LogP contribution in [0.2, 0.25) is 0 Å². The van der Waals surface area contributed by atoms with E-state index in [4.69, 9.17) is 14.2 Å². The summed E-state index contributed by atoms with van der Waals surface area (Å²) in [6.45, 7) is 9.31. The number of hydrogen-bond acceptors (Lipinski definition) is 9. The number of hydrogen-bond donors (Lipinski definition) is 5. The monoisotopic (exact) mass is 644 g/mol. The summed E-state index contributed by atoms with van der Waals surface area (Å²) < 4.78 is 15.4. The second kappa shape index (κ2) is 19.0. The van der Waals surface area contributed by atoms with Crippen LogP contribution >= 0.6 is 0 Å². The number of unbranched alkanes of at least 4 members (excludes halogenated alkanes) is 1. The molecular weight excluding hydrogens is 596 g/mol. The van der Waals surface area contributed by atoms with Crippen molar-refractivity contribution in [2.24, 2.45) is 5.92 Å². The van der Waals surface area contributed by atoms with Crippen LogP contribution in [0.4, 0.5) is 9.59 Å². The Morgan fingerprint density at radius 2 is 1.63 bits per heavy atom. The van der Waals surface area contributed by atoms with E-state index >= 15 is 0 Å². The average molecular weight is 645 g/mol. The van der Waals surface area contributed by atoms with Crippen molar-refractivity contribution in [3.63, 3.8) is 0 Å². The molecule has 1 heterocycles. The fraction of sp³-hybridized carbons (Fsp3) is 0.562. The van der Waals surface area contributed by atoms with E-state index in [1.807, 2.05) is 37.3 Å². The molecule has 0 bridgehead atoms. The van der Waals surface area contributed by atoms with Crippen LogP contribution < -0.4 is 21.3 Å². The van der Waals surface area contributed by atoms with Crippen molar-refractivity contribution >= 4 is 30.0 Å². The number of amides is 4. The van der Waals surface area contributed by atoms with Crippen LogP contribution in [0, 0.1) is 5.92 Å². The molecule has 254 valence electrons. The quantitative estimate of drug-likeness (QED) is 0.0979. The molecule has 0 saturated carbocycles. The third kappa shape index (κ3) is 14.0. The Morgan fingerprint density at radius 1 is 0.935 bits per heavy atom. The van der Waals surface area contributed by atoms with Crippen LogP contribution in [0.15, 0.2) is 42.9 Å². The maximum Gasteiger partial charge on any atom is 0.408 e. The smallest absolute Gasteiger partial charge is 0.408 e. The molecule has 46 heavy (non-hydrogen) atoms. The van der Waals surface area contributed by atoms with Crippen LogP contribution in [0.1, 0.15) is 71.6 Å². The first kappa shape index (κ1) is 37.6. The molecule has 4 atom stereocenters. The van der Waals surface area contributed by atoms with Gasteiger partial charge in [-0.3, -0.25) is 9.59 Å². The van der Waals surface area contributed by atoms with E-state index in [1.165, 1.54) is 19.6 Å². The van der Waals surface area contributed by atoms with Crippen LogP contribution in [0.5, 0.6) is 0 Å². The molecule has 0 aliphatic rings. The molecule has 0 spiro atoms. The summed E-state index contributed by atoms with van der Waals surface area (Å²) in [5.41, 5.74) is 0.736. The predicted molar refractivity (Wildman–Crippen MR) is 169 cm³/mol. The van der Waals surface area contributed by atoms with Gasteiger partial charge < -0.3 is 40.5 Å². The number of nitrogens with zero attached hydrogens (tertiary/aromatic N) is 1. The highest BCUT2D eigenvalue weighted by Gasteiger charge is 2.32. The number of imidazole rings is 1. The van der Waals surface area contributed by atoms with Gasteiger partial charge in [0.05, 0.1) is 13.4 Å². The largest absolute Gasteiger partial charge is 0.467 e. The highest BCUT2D eigenvalue weighted by atomic mass is 16.6. The summed E-state index contributed by atoms with van der Waals surface area (Å²) in [6.07, 6.45) is 3.46. The highest BCUT2D eigenvalue weighted by molar-refractivity contribution is 5.93. The second-order valence-electron chi connectivity index (χ2n) is 11.9. The summed E-state index contributed by atoms with van der Waals surface area (Å²) in [6, 6.07) is 6.00. The van der Waals surface area contributed by atoms with E-state index in [0.717, 1.165) is 5.56 Å². The van der Waals surface area contributed by atoms with Crippen molar-refractivity contribution in [2.75, 3.05) is 13.7 Å².